The first kappa shape index (κ1) is 16.9. The standard InChI is InChI=1S/C15H19N3O5S/c1-10(15(20)18-4-6-23-7-5-18)17-24(21,22)12-2-3-13-11(8-12)9-14(19)16-13/h2-3,8,10,17H,4-7,9H2,1H3,(H,16,19)/t10-/m1/s1. The van der Waals surface area contributed by atoms with Crippen molar-refractivity contribution in [2.24, 2.45) is 0 Å². The van der Waals surface area contributed by atoms with Crippen molar-refractivity contribution in [1.29, 1.82) is 0 Å². The van der Waals surface area contributed by atoms with Crippen LogP contribution in [-0.2, 0) is 30.8 Å². The average Bonchev–Trinajstić information content (AvgIpc) is 2.93. The Balaban J connectivity index is 1.72. The number of sulfonamides is 1. The molecule has 0 aromatic heterocycles. The van der Waals surface area contributed by atoms with Gasteiger partial charge in [-0.25, -0.2) is 8.42 Å². The van der Waals surface area contributed by atoms with E-state index in [2.05, 4.69) is 10.0 Å². The third kappa shape index (κ3) is 3.42. The quantitative estimate of drug-likeness (QED) is 0.774. The van der Waals surface area contributed by atoms with Gasteiger partial charge in [-0.05, 0) is 30.7 Å². The summed E-state index contributed by atoms with van der Waals surface area (Å²) in [5.41, 5.74) is 1.26. The van der Waals surface area contributed by atoms with Crippen molar-refractivity contribution < 1.29 is 22.7 Å². The SMILES string of the molecule is C[C@@H](NS(=O)(=O)c1ccc2c(c1)CC(=O)N2)C(=O)N1CCOCC1. The number of nitrogens with zero attached hydrogens (tertiary/aromatic N) is 1. The first-order valence-corrected chi connectivity index (χ1v) is 9.17. The zero-order chi connectivity index (χ0) is 17.3. The second-order valence-electron chi connectivity index (χ2n) is 5.82. The first-order valence-electron chi connectivity index (χ1n) is 7.68. The van der Waals surface area contributed by atoms with Crippen LogP contribution >= 0.6 is 0 Å². The minimum Gasteiger partial charge on any atom is -0.378 e. The lowest BCUT2D eigenvalue weighted by Crippen LogP contribution is -2.50. The lowest BCUT2D eigenvalue weighted by Gasteiger charge is -2.29. The lowest BCUT2D eigenvalue weighted by atomic mass is 10.2. The molecule has 0 unspecified atom stereocenters. The van der Waals surface area contributed by atoms with E-state index < -0.39 is 16.1 Å². The summed E-state index contributed by atoms with van der Waals surface area (Å²) in [6.07, 6.45) is 0.154. The van der Waals surface area contributed by atoms with Gasteiger partial charge < -0.3 is 15.0 Å². The molecule has 9 heteroatoms. The fraction of sp³-hybridized carbons (Fsp3) is 0.467. The van der Waals surface area contributed by atoms with Crippen molar-refractivity contribution in [1.82, 2.24) is 9.62 Å². The highest BCUT2D eigenvalue weighted by Crippen LogP contribution is 2.25. The summed E-state index contributed by atoms with van der Waals surface area (Å²) >= 11 is 0. The summed E-state index contributed by atoms with van der Waals surface area (Å²) in [6, 6.07) is 3.56. The number of carbonyl (C=O) groups is 2. The molecule has 2 aliphatic rings. The van der Waals surface area contributed by atoms with E-state index in [0.717, 1.165) is 0 Å². The maximum atomic E-state index is 12.5. The Kier molecular flexibility index (Phi) is 4.57. The molecule has 1 atom stereocenters. The van der Waals surface area contributed by atoms with Crippen LogP contribution in [0.2, 0.25) is 0 Å². The van der Waals surface area contributed by atoms with Crippen molar-refractivity contribution in [3.05, 3.63) is 23.8 Å². The summed E-state index contributed by atoms with van der Waals surface area (Å²) in [4.78, 5) is 25.3. The van der Waals surface area contributed by atoms with Gasteiger partial charge in [0, 0.05) is 18.8 Å². The molecule has 0 saturated carbocycles. The second-order valence-corrected chi connectivity index (χ2v) is 7.54. The molecule has 1 aromatic rings. The van der Waals surface area contributed by atoms with E-state index in [1.54, 1.807) is 11.0 Å². The predicted molar refractivity (Wildman–Crippen MR) is 86.0 cm³/mol. The lowest BCUT2D eigenvalue weighted by molar-refractivity contribution is -0.136. The van der Waals surface area contributed by atoms with Gasteiger partial charge in [0.05, 0.1) is 30.6 Å². The van der Waals surface area contributed by atoms with Gasteiger partial charge in [-0.3, -0.25) is 9.59 Å². The maximum absolute atomic E-state index is 12.5. The molecule has 8 nitrogen and oxygen atoms in total. The van der Waals surface area contributed by atoms with Crippen LogP contribution in [0.3, 0.4) is 0 Å². The number of rotatable bonds is 4. The van der Waals surface area contributed by atoms with Gasteiger partial charge in [-0.1, -0.05) is 0 Å². The van der Waals surface area contributed by atoms with Crippen LogP contribution in [0, 0.1) is 0 Å². The van der Waals surface area contributed by atoms with Crippen molar-refractivity contribution in [3.63, 3.8) is 0 Å². The first-order chi connectivity index (χ1) is 11.4. The number of hydrogen-bond acceptors (Lipinski definition) is 5. The molecule has 1 saturated heterocycles. The zero-order valence-corrected chi connectivity index (χ0v) is 14.1. The summed E-state index contributed by atoms with van der Waals surface area (Å²) in [7, 11) is -3.85. The molecule has 0 radical (unpaired) electrons. The molecule has 2 amide bonds. The molecule has 2 N–H and O–H groups in total. The number of carbonyl (C=O) groups excluding carboxylic acids is 2. The van der Waals surface area contributed by atoms with Crippen LogP contribution in [-0.4, -0.2) is 57.5 Å². The Morgan fingerprint density at radius 1 is 1.33 bits per heavy atom. The number of fused-ring (bicyclic) bond motifs is 1. The molecule has 1 fully saturated rings. The van der Waals surface area contributed by atoms with Crippen LogP contribution in [0.1, 0.15) is 12.5 Å². The fourth-order valence-corrected chi connectivity index (χ4v) is 4.03. The molecule has 1 aromatic carbocycles. The smallest absolute Gasteiger partial charge is 0.241 e. The van der Waals surface area contributed by atoms with Gasteiger partial charge in [0.2, 0.25) is 21.8 Å². The maximum Gasteiger partial charge on any atom is 0.241 e. The normalized spacial score (nSPS) is 18.9. The van der Waals surface area contributed by atoms with Gasteiger partial charge in [0.1, 0.15) is 0 Å². The van der Waals surface area contributed by atoms with E-state index in [4.69, 9.17) is 4.74 Å². The highest BCUT2D eigenvalue weighted by atomic mass is 32.2. The molecule has 0 aliphatic carbocycles. The topological polar surface area (TPSA) is 105 Å². The van der Waals surface area contributed by atoms with Crippen molar-refractivity contribution in [2.45, 2.75) is 24.3 Å². The molecule has 2 aliphatic heterocycles. The number of benzene rings is 1. The minimum absolute atomic E-state index is 0.0411. The van der Waals surface area contributed by atoms with Crippen molar-refractivity contribution in [2.75, 3.05) is 31.6 Å². The Hall–Kier alpha value is -1.97. The van der Waals surface area contributed by atoms with Crippen molar-refractivity contribution in [3.8, 4) is 0 Å². The highest BCUT2D eigenvalue weighted by Gasteiger charge is 2.28. The number of morpholine rings is 1. The van der Waals surface area contributed by atoms with Crippen LogP contribution in [0.4, 0.5) is 5.69 Å². The summed E-state index contributed by atoms with van der Waals surface area (Å²) in [5, 5.41) is 2.65. The van der Waals surface area contributed by atoms with Crippen LogP contribution in [0.15, 0.2) is 23.1 Å². The molecule has 3 rings (SSSR count). The molecule has 130 valence electrons. The van der Waals surface area contributed by atoms with Crippen LogP contribution in [0.5, 0.6) is 0 Å². The zero-order valence-electron chi connectivity index (χ0n) is 13.2. The van der Waals surface area contributed by atoms with Gasteiger partial charge in [-0.2, -0.15) is 4.72 Å². The fourth-order valence-electron chi connectivity index (χ4n) is 2.78. The van der Waals surface area contributed by atoms with Gasteiger partial charge >= 0.3 is 0 Å². The number of anilines is 1. The minimum atomic E-state index is -3.85. The molecule has 24 heavy (non-hydrogen) atoms. The largest absolute Gasteiger partial charge is 0.378 e. The van der Waals surface area contributed by atoms with Gasteiger partial charge in [0.15, 0.2) is 0 Å². The van der Waals surface area contributed by atoms with E-state index in [0.29, 0.717) is 37.6 Å². The number of nitrogens with one attached hydrogen (secondary N) is 2. The van der Waals surface area contributed by atoms with E-state index in [1.807, 2.05) is 0 Å². The Bertz CT molecular complexity index is 771. The molecular formula is C15H19N3O5S. The van der Waals surface area contributed by atoms with E-state index in [1.165, 1.54) is 19.1 Å². The van der Waals surface area contributed by atoms with Crippen LogP contribution < -0.4 is 10.0 Å². The third-order valence-corrected chi connectivity index (χ3v) is 5.58. The Morgan fingerprint density at radius 2 is 2.04 bits per heavy atom. The monoisotopic (exact) mass is 353 g/mol. The van der Waals surface area contributed by atoms with E-state index in [9.17, 15) is 18.0 Å². The van der Waals surface area contributed by atoms with E-state index >= 15 is 0 Å². The molecule has 0 spiro atoms. The molecule has 2 heterocycles. The predicted octanol–water partition coefficient (Wildman–Crippen LogP) is -0.293. The van der Waals surface area contributed by atoms with E-state index in [-0.39, 0.29) is 23.1 Å². The molecule has 0 bridgehead atoms. The summed E-state index contributed by atoms with van der Waals surface area (Å²) < 4.78 is 32.6. The summed E-state index contributed by atoms with van der Waals surface area (Å²) in [5.74, 6) is -0.441. The van der Waals surface area contributed by atoms with Crippen molar-refractivity contribution >= 4 is 27.5 Å². The number of amides is 2. The van der Waals surface area contributed by atoms with Gasteiger partial charge in [-0.15, -0.1) is 0 Å². The van der Waals surface area contributed by atoms with Gasteiger partial charge in [0.25, 0.3) is 0 Å². The molecular weight excluding hydrogens is 334 g/mol. The third-order valence-electron chi connectivity index (χ3n) is 4.04. The number of hydrogen-bond donors (Lipinski definition) is 2. The Labute approximate surface area is 140 Å². The average molecular weight is 353 g/mol. The van der Waals surface area contributed by atoms with Crippen LogP contribution in [0.25, 0.3) is 0 Å². The second kappa shape index (κ2) is 6.50. The highest BCUT2D eigenvalue weighted by molar-refractivity contribution is 7.89. The summed E-state index contributed by atoms with van der Waals surface area (Å²) in [6.45, 7) is 3.34. The number of ether oxygens (including phenoxy) is 1. The Morgan fingerprint density at radius 3 is 2.75 bits per heavy atom.